The summed E-state index contributed by atoms with van der Waals surface area (Å²) in [6.07, 6.45) is 16.5. The molecule has 0 unspecified atom stereocenters. The highest BCUT2D eigenvalue weighted by Gasteiger charge is 2.26. The molecular formula is C21H26N6O. The summed E-state index contributed by atoms with van der Waals surface area (Å²) < 4.78 is 4.23. The lowest BCUT2D eigenvalue weighted by Gasteiger charge is -2.32. The lowest BCUT2D eigenvalue weighted by atomic mass is 9.95. The van der Waals surface area contributed by atoms with Crippen LogP contribution in [0.5, 0.6) is 0 Å². The van der Waals surface area contributed by atoms with Crippen LogP contribution in [0.1, 0.15) is 43.0 Å². The van der Waals surface area contributed by atoms with Gasteiger partial charge in [0.05, 0.1) is 12.9 Å². The molecule has 146 valence electrons. The first-order valence-electron chi connectivity index (χ1n) is 9.93. The van der Waals surface area contributed by atoms with Gasteiger partial charge < -0.3 is 14.0 Å². The Bertz CT molecular complexity index is 865. The van der Waals surface area contributed by atoms with Crippen molar-refractivity contribution in [3.8, 4) is 0 Å². The summed E-state index contributed by atoms with van der Waals surface area (Å²) in [4.78, 5) is 27.4. The molecule has 28 heavy (non-hydrogen) atoms. The van der Waals surface area contributed by atoms with Gasteiger partial charge in [-0.2, -0.15) is 0 Å². The van der Waals surface area contributed by atoms with Crippen LogP contribution < -0.4 is 0 Å². The largest absolute Gasteiger partial charge is 0.343 e. The molecule has 0 radical (unpaired) electrons. The number of amides is 1. The minimum atomic E-state index is 0.261. The van der Waals surface area contributed by atoms with E-state index >= 15 is 0 Å². The van der Waals surface area contributed by atoms with Crippen LogP contribution in [0.25, 0.3) is 0 Å². The molecule has 0 atom stereocenters. The number of hydrogen-bond acceptors (Lipinski definition) is 4. The molecule has 1 aliphatic rings. The van der Waals surface area contributed by atoms with E-state index in [-0.39, 0.29) is 5.91 Å². The second-order valence-electron chi connectivity index (χ2n) is 7.33. The molecule has 1 fully saturated rings. The van der Waals surface area contributed by atoms with Crippen molar-refractivity contribution >= 4 is 5.91 Å². The molecule has 7 heteroatoms. The minimum Gasteiger partial charge on any atom is -0.343 e. The number of aryl methyl sites for hydroxylation is 1. The Morgan fingerprint density at radius 3 is 2.75 bits per heavy atom. The smallest absolute Gasteiger partial charge is 0.222 e. The summed E-state index contributed by atoms with van der Waals surface area (Å²) in [6, 6.07) is 4.05. The average molecular weight is 378 g/mol. The Labute approximate surface area is 165 Å². The number of piperidine rings is 1. The first-order chi connectivity index (χ1) is 13.8. The molecule has 0 aliphatic carbocycles. The number of hydrogen-bond donors (Lipinski definition) is 0. The Kier molecular flexibility index (Phi) is 5.80. The highest BCUT2D eigenvalue weighted by atomic mass is 16.2. The van der Waals surface area contributed by atoms with Crippen LogP contribution in [-0.2, 0) is 17.9 Å². The third-order valence-electron chi connectivity index (χ3n) is 5.40. The van der Waals surface area contributed by atoms with Crippen LogP contribution in [0.15, 0.2) is 55.6 Å². The molecular weight excluding hydrogens is 352 g/mol. The van der Waals surface area contributed by atoms with Crippen LogP contribution >= 0.6 is 0 Å². The van der Waals surface area contributed by atoms with Crippen LogP contribution in [0.3, 0.4) is 0 Å². The van der Waals surface area contributed by atoms with Crippen molar-refractivity contribution in [2.45, 2.75) is 44.7 Å². The van der Waals surface area contributed by atoms with Gasteiger partial charge in [-0.15, -0.1) is 0 Å². The number of carbonyl (C=O) groups excluding carboxylic acids is 1. The van der Waals surface area contributed by atoms with Crippen molar-refractivity contribution in [2.75, 3.05) is 13.1 Å². The predicted molar refractivity (Wildman–Crippen MR) is 106 cm³/mol. The molecule has 0 aromatic carbocycles. The van der Waals surface area contributed by atoms with E-state index in [1.807, 2.05) is 40.3 Å². The van der Waals surface area contributed by atoms with Gasteiger partial charge in [-0.1, -0.05) is 6.07 Å². The Morgan fingerprint density at radius 1 is 1.11 bits per heavy atom. The third-order valence-corrected chi connectivity index (χ3v) is 5.40. The molecule has 4 heterocycles. The Hall–Kier alpha value is -2.96. The number of aromatic nitrogens is 5. The Balaban J connectivity index is 1.27. The molecule has 7 nitrogen and oxygen atoms in total. The van der Waals surface area contributed by atoms with Crippen molar-refractivity contribution in [3.05, 3.63) is 67.0 Å². The number of rotatable bonds is 7. The van der Waals surface area contributed by atoms with E-state index < -0.39 is 0 Å². The molecule has 0 spiro atoms. The van der Waals surface area contributed by atoms with Gasteiger partial charge in [0.2, 0.25) is 5.91 Å². The maximum Gasteiger partial charge on any atom is 0.222 e. The van der Waals surface area contributed by atoms with Crippen LogP contribution in [0.2, 0.25) is 0 Å². The summed E-state index contributed by atoms with van der Waals surface area (Å²) in [5, 5.41) is 0. The number of nitrogens with zero attached hydrogens (tertiary/aromatic N) is 6. The van der Waals surface area contributed by atoms with Crippen molar-refractivity contribution in [1.82, 2.24) is 29.0 Å². The molecule has 1 aliphatic heterocycles. The second kappa shape index (κ2) is 8.82. The minimum absolute atomic E-state index is 0.261. The number of carbonyl (C=O) groups is 1. The molecule has 0 saturated carbocycles. The zero-order valence-electron chi connectivity index (χ0n) is 16.0. The summed E-state index contributed by atoms with van der Waals surface area (Å²) in [5.41, 5.74) is 1.17. The molecule has 4 rings (SSSR count). The van der Waals surface area contributed by atoms with E-state index in [1.165, 1.54) is 5.56 Å². The van der Waals surface area contributed by atoms with E-state index in [4.69, 9.17) is 0 Å². The van der Waals surface area contributed by atoms with Crippen molar-refractivity contribution in [3.63, 3.8) is 0 Å². The van der Waals surface area contributed by atoms with Gasteiger partial charge in [0.1, 0.15) is 5.82 Å². The van der Waals surface area contributed by atoms with E-state index in [0.29, 0.717) is 12.3 Å². The quantitative estimate of drug-likeness (QED) is 0.634. The summed E-state index contributed by atoms with van der Waals surface area (Å²) >= 11 is 0. The molecule has 0 N–H and O–H groups in total. The molecule has 1 amide bonds. The zero-order chi connectivity index (χ0) is 19.2. The monoisotopic (exact) mass is 378 g/mol. The van der Waals surface area contributed by atoms with Gasteiger partial charge in [-0.25, -0.2) is 9.97 Å². The standard InChI is InChI=1S/C21H26N6O/c28-20(4-2-10-25-13-8-23-17-25)26-11-5-19(6-12-26)21-24-9-14-27(21)16-18-3-1-7-22-15-18/h1,3,7-9,13-15,17,19H,2,4-6,10-12,16H2. The fraction of sp³-hybridized carbons (Fsp3) is 0.429. The molecule has 3 aromatic rings. The fourth-order valence-corrected chi connectivity index (χ4v) is 3.88. The average Bonchev–Trinajstić information content (AvgIpc) is 3.41. The van der Waals surface area contributed by atoms with Crippen LogP contribution in [0.4, 0.5) is 0 Å². The highest BCUT2D eigenvalue weighted by molar-refractivity contribution is 5.76. The molecule has 3 aromatic heterocycles. The second-order valence-corrected chi connectivity index (χ2v) is 7.33. The van der Waals surface area contributed by atoms with E-state index in [1.54, 1.807) is 18.7 Å². The number of likely N-dealkylation sites (tertiary alicyclic amines) is 1. The third kappa shape index (κ3) is 4.47. The van der Waals surface area contributed by atoms with Crippen LogP contribution in [-0.4, -0.2) is 48.0 Å². The first kappa shape index (κ1) is 18.4. The number of imidazole rings is 2. The van der Waals surface area contributed by atoms with Crippen molar-refractivity contribution in [2.24, 2.45) is 0 Å². The lowest BCUT2D eigenvalue weighted by molar-refractivity contribution is -0.132. The van der Waals surface area contributed by atoms with Gasteiger partial charge in [-0.3, -0.25) is 9.78 Å². The van der Waals surface area contributed by atoms with Crippen molar-refractivity contribution in [1.29, 1.82) is 0 Å². The zero-order valence-corrected chi connectivity index (χ0v) is 16.0. The summed E-state index contributed by atoms with van der Waals surface area (Å²) in [7, 11) is 0. The van der Waals surface area contributed by atoms with Gasteiger partial charge in [0, 0.05) is 69.2 Å². The van der Waals surface area contributed by atoms with Gasteiger partial charge in [-0.05, 0) is 30.9 Å². The fourth-order valence-electron chi connectivity index (χ4n) is 3.88. The summed E-state index contributed by atoms with van der Waals surface area (Å²) in [6.45, 7) is 3.26. The topological polar surface area (TPSA) is 68.8 Å². The van der Waals surface area contributed by atoms with E-state index in [2.05, 4.69) is 25.6 Å². The number of pyridine rings is 1. The molecule has 1 saturated heterocycles. The van der Waals surface area contributed by atoms with Gasteiger partial charge in [0.25, 0.3) is 0 Å². The van der Waals surface area contributed by atoms with E-state index in [9.17, 15) is 4.79 Å². The first-order valence-corrected chi connectivity index (χ1v) is 9.93. The van der Waals surface area contributed by atoms with Crippen molar-refractivity contribution < 1.29 is 4.79 Å². The van der Waals surface area contributed by atoms with E-state index in [0.717, 1.165) is 51.3 Å². The highest BCUT2D eigenvalue weighted by Crippen LogP contribution is 2.27. The van der Waals surface area contributed by atoms with Crippen LogP contribution in [0, 0.1) is 0 Å². The maximum atomic E-state index is 12.5. The Morgan fingerprint density at radius 2 is 2.00 bits per heavy atom. The lowest BCUT2D eigenvalue weighted by Crippen LogP contribution is -2.38. The SMILES string of the molecule is O=C(CCCn1ccnc1)N1CCC(c2nccn2Cc2cccnc2)CC1. The molecule has 0 bridgehead atoms. The predicted octanol–water partition coefficient (Wildman–Crippen LogP) is 2.71. The summed E-state index contributed by atoms with van der Waals surface area (Å²) in [5.74, 6) is 1.79. The van der Waals surface area contributed by atoms with Gasteiger partial charge in [0.15, 0.2) is 0 Å². The maximum absolute atomic E-state index is 12.5. The normalized spacial score (nSPS) is 15.1. The van der Waals surface area contributed by atoms with Gasteiger partial charge >= 0.3 is 0 Å².